The summed E-state index contributed by atoms with van der Waals surface area (Å²) in [7, 11) is 1.32. The molecule has 7 aromatic rings. The van der Waals surface area contributed by atoms with Crippen LogP contribution in [0.5, 0.6) is 11.5 Å². The molecule has 74 heavy (non-hydrogen) atoms. The number of ether oxygens (including phenoxy) is 5. The van der Waals surface area contributed by atoms with Crippen molar-refractivity contribution in [2.45, 2.75) is 53.4 Å². The minimum Gasteiger partial charge on any atom is -0.493 e. The van der Waals surface area contributed by atoms with E-state index in [2.05, 4.69) is 10.8 Å². The summed E-state index contributed by atoms with van der Waals surface area (Å²) in [5.74, 6) is -1.09. The van der Waals surface area contributed by atoms with E-state index in [4.69, 9.17) is 18.9 Å². The lowest BCUT2D eigenvalue weighted by molar-refractivity contribution is -0.158. The van der Waals surface area contributed by atoms with Gasteiger partial charge >= 0.3 is 17.9 Å². The van der Waals surface area contributed by atoms with Crippen LogP contribution in [0, 0.1) is 29.9 Å². The summed E-state index contributed by atoms with van der Waals surface area (Å²) in [6.07, 6.45) is 4.70. The molecule has 0 fully saturated rings. The first-order valence-corrected chi connectivity index (χ1v) is 24.7. The maximum absolute atomic E-state index is 14.7. The largest absolute Gasteiger partial charge is 0.493 e. The van der Waals surface area contributed by atoms with Crippen LogP contribution in [0.2, 0.25) is 0 Å². The van der Waals surface area contributed by atoms with Gasteiger partial charge in [0.2, 0.25) is 0 Å². The Bertz CT molecular complexity index is 2930. The van der Waals surface area contributed by atoms with Crippen LogP contribution < -0.4 is 19.3 Å². The lowest BCUT2D eigenvalue weighted by Gasteiger charge is -2.26. The zero-order valence-corrected chi connectivity index (χ0v) is 42.5. The van der Waals surface area contributed by atoms with E-state index in [0.717, 1.165) is 50.7 Å². The summed E-state index contributed by atoms with van der Waals surface area (Å²) in [4.78, 5) is 41.5. The van der Waals surface area contributed by atoms with Crippen molar-refractivity contribution in [1.82, 2.24) is 0 Å². The van der Waals surface area contributed by atoms with Crippen LogP contribution in [0.15, 0.2) is 176 Å². The molecule has 0 N–H and O–H groups in total. The van der Waals surface area contributed by atoms with Crippen LogP contribution in [0.1, 0.15) is 57.6 Å². The third kappa shape index (κ3) is 14.9. The van der Waals surface area contributed by atoms with Gasteiger partial charge in [0.1, 0.15) is 23.1 Å². The van der Waals surface area contributed by atoms with Crippen LogP contribution >= 0.6 is 0 Å². The van der Waals surface area contributed by atoms with Gasteiger partial charge in [-0.3, -0.25) is 9.59 Å². The molecule has 0 spiro atoms. The topological polar surface area (TPSA) is 104 Å². The predicted molar refractivity (Wildman–Crippen MR) is 288 cm³/mol. The molecule has 0 saturated carbocycles. The fourth-order valence-corrected chi connectivity index (χ4v) is 8.34. The van der Waals surface area contributed by atoms with E-state index in [1.807, 2.05) is 139 Å². The van der Waals surface area contributed by atoms with Crippen molar-refractivity contribution in [3.8, 4) is 22.6 Å². The van der Waals surface area contributed by atoms with Gasteiger partial charge in [-0.25, -0.2) is 13.6 Å². The Kier molecular flexibility index (Phi) is 18.8. The second kappa shape index (κ2) is 25.9. The average Bonchev–Trinajstić information content (AvgIpc) is 3.40. The first-order valence-electron chi connectivity index (χ1n) is 24.7. The van der Waals surface area contributed by atoms with Crippen molar-refractivity contribution < 1.29 is 46.8 Å². The number of esters is 3. The number of aryl methyl sites for hydroxylation is 1. The lowest BCUT2D eigenvalue weighted by atomic mass is 9.81. The molecule has 0 amide bonds. The monoisotopic (exact) mass is 1000 g/mol. The number of carbonyl (C=O) groups is 3. The van der Waals surface area contributed by atoms with Gasteiger partial charge in [0.05, 0.1) is 44.9 Å². The molecule has 1 atom stereocenters. The average molecular weight is 1000 g/mol. The highest BCUT2D eigenvalue weighted by Gasteiger charge is 2.35. The predicted octanol–water partition coefficient (Wildman–Crippen LogP) is 14.8. The smallest absolute Gasteiger partial charge is 0.330 e. The third-order valence-electron chi connectivity index (χ3n) is 12.3. The Morgan fingerprint density at radius 1 is 0.568 bits per heavy atom. The SMILES string of the molecule is CCC(CC(C)(C)C(=O)OCCCOc1ccc(/C=C/C(=O)OC)cc1)C(=O)OCCCOc1ccc(N(c2ccc(-c3ccc(N(c4cccc(C)c4)c4cccc(F)c4)cc3)cc2)c2cccc(F)c2)cc1. The van der Waals surface area contributed by atoms with E-state index in [-0.39, 0.29) is 37.2 Å². The van der Waals surface area contributed by atoms with E-state index in [1.165, 1.54) is 37.5 Å². The van der Waals surface area contributed by atoms with Gasteiger partial charge in [0.15, 0.2) is 0 Å². The second-order valence-electron chi connectivity index (χ2n) is 18.4. The van der Waals surface area contributed by atoms with Crippen LogP contribution in [0.4, 0.5) is 42.9 Å². The minimum absolute atomic E-state index is 0.152. The van der Waals surface area contributed by atoms with Gasteiger partial charge < -0.3 is 33.5 Å². The zero-order valence-electron chi connectivity index (χ0n) is 42.5. The van der Waals surface area contributed by atoms with Crippen LogP contribution in [-0.2, 0) is 28.6 Å². The fraction of sp³-hybridized carbons (Fsp3) is 0.242. The van der Waals surface area contributed by atoms with E-state index in [9.17, 15) is 23.2 Å². The number of halogens is 2. The van der Waals surface area contributed by atoms with E-state index < -0.39 is 23.3 Å². The molecule has 1 unspecified atom stereocenters. The number of rotatable bonds is 24. The summed E-state index contributed by atoms with van der Waals surface area (Å²) in [5.41, 5.74) is 7.78. The van der Waals surface area contributed by atoms with Crippen LogP contribution in [-0.4, -0.2) is 51.4 Å². The molecule has 0 radical (unpaired) electrons. The molecule has 12 heteroatoms. The molecule has 382 valence electrons. The van der Waals surface area contributed by atoms with Crippen molar-refractivity contribution in [3.05, 3.63) is 199 Å². The molecule has 0 bridgehead atoms. The first-order chi connectivity index (χ1) is 35.8. The second-order valence-corrected chi connectivity index (χ2v) is 18.4. The summed E-state index contributed by atoms with van der Waals surface area (Å²) in [5, 5.41) is 0. The van der Waals surface area contributed by atoms with Gasteiger partial charge in [-0.2, -0.15) is 0 Å². The molecular formula is C62H62F2N2O8. The molecule has 0 aliphatic carbocycles. The summed E-state index contributed by atoms with van der Waals surface area (Å²) in [6, 6.07) is 52.1. The Morgan fingerprint density at radius 2 is 1.03 bits per heavy atom. The Balaban J connectivity index is 0.887. The van der Waals surface area contributed by atoms with Crippen LogP contribution in [0.3, 0.4) is 0 Å². The molecule has 0 saturated heterocycles. The van der Waals surface area contributed by atoms with Crippen molar-refractivity contribution in [2.75, 3.05) is 43.3 Å². The maximum Gasteiger partial charge on any atom is 0.330 e. The van der Waals surface area contributed by atoms with Gasteiger partial charge in [-0.05, 0) is 171 Å². The highest BCUT2D eigenvalue weighted by molar-refractivity contribution is 5.87. The summed E-state index contributed by atoms with van der Waals surface area (Å²) in [6.45, 7) is 8.42. The third-order valence-corrected chi connectivity index (χ3v) is 12.3. The molecular weight excluding hydrogens is 939 g/mol. The Labute approximate surface area is 432 Å². The molecule has 0 aliphatic heterocycles. The quantitative estimate of drug-likeness (QED) is 0.0252. The van der Waals surface area contributed by atoms with Gasteiger partial charge in [0, 0.05) is 53.0 Å². The molecule has 0 heterocycles. The lowest BCUT2D eigenvalue weighted by Crippen LogP contribution is -2.32. The zero-order chi connectivity index (χ0) is 52.5. The highest BCUT2D eigenvalue weighted by Crippen LogP contribution is 2.39. The fourth-order valence-electron chi connectivity index (χ4n) is 8.34. The van der Waals surface area contributed by atoms with E-state index in [1.54, 1.807) is 44.2 Å². The first kappa shape index (κ1) is 53.5. The van der Waals surface area contributed by atoms with Crippen molar-refractivity contribution >= 4 is 58.1 Å². The molecule has 7 rings (SSSR count). The number of methoxy groups -OCH3 is 1. The molecule has 0 aliphatic rings. The van der Waals surface area contributed by atoms with E-state index >= 15 is 0 Å². The summed E-state index contributed by atoms with van der Waals surface area (Å²) < 4.78 is 56.7. The number of hydrogen-bond acceptors (Lipinski definition) is 10. The van der Waals surface area contributed by atoms with Gasteiger partial charge in [-0.15, -0.1) is 0 Å². The van der Waals surface area contributed by atoms with Gasteiger partial charge in [-0.1, -0.05) is 67.6 Å². The molecule has 10 nitrogen and oxygen atoms in total. The highest BCUT2D eigenvalue weighted by atomic mass is 19.1. The van der Waals surface area contributed by atoms with E-state index in [0.29, 0.717) is 49.7 Å². The number of carbonyl (C=O) groups excluding carboxylic acids is 3. The van der Waals surface area contributed by atoms with Crippen molar-refractivity contribution in [2.24, 2.45) is 11.3 Å². The molecule has 0 aromatic heterocycles. The molecule has 7 aromatic carbocycles. The number of hydrogen-bond donors (Lipinski definition) is 0. The minimum atomic E-state index is -0.912. The van der Waals surface area contributed by atoms with Gasteiger partial charge in [0.25, 0.3) is 0 Å². The Morgan fingerprint density at radius 3 is 1.51 bits per heavy atom. The van der Waals surface area contributed by atoms with Crippen LogP contribution in [0.25, 0.3) is 17.2 Å². The number of nitrogens with zero attached hydrogens (tertiary/aromatic N) is 2. The van der Waals surface area contributed by atoms with Crippen molar-refractivity contribution in [3.63, 3.8) is 0 Å². The number of anilines is 6. The number of benzene rings is 7. The maximum atomic E-state index is 14.7. The Hall–Kier alpha value is -8.25. The normalized spacial score (nSPS) is 11.7. The van der Waals surface area contributed by atoms with Crippen molar-refractivity contribution in [1.29, 1.82) is 0 Å². The summed E-state index contributed by atoms with van der Waals surface area (Å²) >= 11 is 0. The standard InChI is InChI=1S/C62H62F2N2O8/c1-6-46(43-62(3,4)61(69)74-39-11-37-71-57-31-18-45(19-32-57)20-35-59(67)70-5)60(68)73-38-10-36-72-58-33-29-53(30-34-58)65(55-16-8-13-49(63)41-55)51-25-21-47(22-26-51)48-23-27-52(28-24-48)66(54-15-7-12-44(2)40-54)56-17-9-14-50(64)42-56/h7-9,12-35,40-42,46H,6,10-11,36-39,43H2,1-5H3/b35-20+.